The Balaban J connectivity index is 0.00000176. The van der Waals surface area contributed by atoms with Gasteiger partial charge in [-0.15, -0.1) is 12.4 Å². The Morgan fingerprint density at radius 2 is 2.00 bits per heavy atom. The quantitative estimate of drug-likeness (QED) is 0.932. The van der Waals surface area contributed by atoms with Gasteiger partial charge >= 0.3 is 0 Å². The number of nitrogens with zero attached hydrogens (tertiary/aromatic N) is 2. The number of piperidine rings is 1. The summed E-state index contributed by atoms with van der Waals surface area (Å²) in [6, 6.07) is 5.75. The molecule has 0 aliphatic carbocycles. The Morgan fingerprint density at radius 3 is 2.68 bits per heavy atom. The number of nitrogens with one attached hydrogen (secondary N) is 1. The van der Waals surface area contributed by atoms with Crippen molar-refractivity contribution in [1.82, 2.24) is 15.5 Å². The first-order valence-electron chi connectivity index (χ1n) is 7.11. The van der Waals surface area contributed by atoms with Gasteiger partial charge in [0.2, 0.25) is 11.7 Å². The fourth-order valence-electron chi connectivity index (χ4n) is 2.53. The van der Waals surface area contributed by atoms with Crippen molar-refractivity contribution in [3.63, 3.8) is 0 Å². The molecule has 3 rings (SSSR count). The lowest BCUT2D eigenvalue weighted by molar-refractivity contribution is 0.297. The normalized spacial score (nSPS) is 17.6. The summed E-state index contributed by atoms with van der Waals surface area (Å²) in [5, 5.41) is 7.47. The van der Waals surface area contributed by atoms with E-state index in [1.54, 1.807) is 14.2 Å². The summed E-state index contributed by atoms with van der Waals surface area (Å²) < 4.78 is 15.9. The van der Waals surface area contributed by atoms with E-state index >= 15 is 0 Å². The van der Waals surface area contributed by atoms with E-state index in [-0.39, 0.29) is 18.4 Å². The van der Waals surface area contributed by atoms with Crippen LogP contribution in [-0.2, 0) is 0 Å². The Kier molecular flexibility index (Phi) is 5.63. The summed E-state index contributed by atoms with van der Waals surface area (Å²) in [7, 11) is 3.22. The first-order valence-corrected chi connectivity index (χ1v) is 7.11. The zero-order valence-electron chi connectivity index (χ0n) is 12.7. The minimum Gasteiger partial charge on any atom is -0.493 e. The summed E-state index contributed by atoms with van der Waals surface area (Å²) in [5.41, 5.74) is 0.846. The van der Waals surface area contributed by atoms with Crippen molar-refractivity contribution >= 4 is 12.4 Å². The zero-order chi connectivity index (χ0) is 14.7. The second-order valence-electron chi connectivity index (χ2n) is 5.03. The van der Waals surface area contributed by atoms with Crippen LogP contribution in [0.5, 0.6) is 11.5 Å². The molecule has 1 saturated heterocycles. The smallest absolute Gasteiger partial charge is 0.244 e. The lowest BCUT2D eigenvalue weighted by atomic mass is 10.1. The maximum Gasteiger partial charge on any atom is 0.244 e. The standard InChI is InChI=1S/C15H19N3O3.ClH/c1-19-12-7-6-10(9-13(12)20-2)14-17-15(21-18-14)11-5-3-4-8-16-11;/h6-7,9,11,16H,3-5,8H2,1-2H3;1H/t11-;/m1./s1. The van der Waals surface area contributed by atoms with Crippen molar-refractivity contribution in [2.24, 2.45) is 0 Å². The van der Waals surface area contributed by atoms with E-state index in [4.69, 9.17) is 14.0 Å². The number of benzene rings is 1. The number of hydrogen-bond donors (Lipinski definition) is 1. The molecule has 1 fully saturated rings. The SMILES string of the molecule is COc1ccc(-c2noc([C@H]3CCCCN3)n2)cc1OC.Cl. The van der Waals surface area contributed by atoms with Crippen molar-refractivity contribution in [3.8, 4) is 22.9 Å². The molecule has 6 nitrogen and oxygen atoms in total. The molecule has 0 spiro atoms. The Hall–Kier alpha value is -1.79. The summed E-state index contributed by atoms with van der Waals surface area (Å²) in [6.07, 6.45) is 3.42. The Labute approximate surface area is 135 Å². The first-order chi connectivity index (χ1) is 10.3. The summed E-state index contributed by atoms with van der Waals surface area (Å²) >= 11 is 0. The average molecular weight is 326 g/mol. The predicted molar refractivity (Wildman–Crippen MR) is 84.7 cm³/mol. The van der Waals surface area contributed by atoms with Gasteiger partial charge in [-0.3, -0.25) is 0 Å². The molecular formula is C15H20ClN3O3. The van der Waals surface area contributed by atoms with Gasteiger partial charge in [0.1, 0.15) is 0 Å². The third-order valence-corrected chi connectivity index (χ3v) is 3.69. The van der Waals surface area contributed by atoms with Crippen LogP contribution in [0.3, 0.4) is 0 Å². The van der Waals surface area contributed by atoms with Crippen LogP contribution >= 0.6 is 12.4 Å². The van der Waals surface area contributed by atoms with Gasteiger partial charge in [0.15, 0.2) is 11.5 Å². The third kappa shape index (κ3) is 3.34. The fraction of sp³-hybridized carbons (Fsp3) is 0.467. The lowest BCUT2D eigenvalue weighted by Crippen LogP contribution is -2.26. The largest absolute Gasteiger partial charge is 0.493 e. The van der Waals surface area contributed by atoms with E-state index < -0.39 is 0 Å². The molecule has 2 aromatic rings. The second-order valence-corrected chi connectivity index (χ2v) is 5.03. The molecule has 1 atom stereocenters. The van der Waals surface area contributed by atoms with Crippen LogP contribution in [0.4, 0.5) is 0 Å². The predicted octanol–water partition coefficient (Wildman–Crippen LogP) is 2.99. The molecule has 22 heavy (non-hydrogen) atoms. The number of halogens is 1. The number of aromatic nitrogens is 2. The van der Waals surface area contributed by atoms with E-state index in [2.05, 4.69) is 15.5 Å². The lowest BCUT2D eigenvalue weighted by Gasteiger charge is -2.19. The van der Waals surface area contributed by atoms with Gasteiger partial charge in [-0.2, -0.15) is 4.98 Å². The molecule has 1 aliphatic rings. The number of hydrogen-bond acceptors (Lipinski definition) is 6. The van der Waals surface area contributed by atoms with Crippen LogP contribution in [0.15, 0.2) is 22.7 Å². The molecule has 0 radical (unpaired) electrons. The minimum atomic E-state index is 0. The summed E-state index contributed by atoms with van der Waals surface area (Å²) in [6.45, 7) is 0.999. The van der Waals surface area contributed by atoms with Gasteiger partial charge in [0, 0.05) is 5.56 Å². The van der Waals surface area contributed by atoms with Crippen molar-refractivity contribution in [1.29, 1.82) is 0 Å². The van der Waals surface area contributed by atoms with Gasteiger partial charge in [-0.05, 0) is 37.6 Å². The van der Waals surface area contributed by atoms with Crippen LogP contribution < -0.4 is 14.8 Å². The van der Waals surface area contributed by atoms with Crippen LogP contribution in [0.25, 0.3) is 11.4 Å². The maximum atomic E-state index is 5.39. The molecule has 1 aromatic carbocycles. The van der Waals surface area contributed by atoms with Crippen molar-refractivity contribution in [3.05, 3.63) is 24.1 Å². The van der Waals surface area contributed by atoms with Crippen molar-refractivity contribution in [2.75, 3.05) is 20.8 Å². The van der Waals surface area contributed by atoms with Gasteiger partial charge in [0.05, 0.1) is 20.3 Å². The third-order valence-electron chi connectivity index (χ3n) is 3.69. The summed E-state index contributed by atoms with van der Waals surface area (Å²) in [4.78, 5) is 4.50. The van der Waals surface area contributed by atoms with Crippen LogP contribution in [0, 0.1) is 0 Å². The van der Waals surface area contributed by atoms with E-state index in [1.165, 1.54) is 12.8 Å². The molecule has 0 amide bonds. The van der Waals surface area contributed by atoms with Gasteiger partial charge in [0.25, 0.3) is 0 Å². The van der Waals surface area contributed by atoms with Crippen LogP contribution in [0.1, 0.15) is 31.2 Å². The molecule has 7 heteroatoms. The zero-order valence-corrected chi connectivity index (χ0v) is 13.5. The highest BCUT2D eigenvalue weighted by Crippen LogP contribution is 2.32. The Morgan fingerprint density at radius 1 is 1.18 bits per heavy atom. The van der Waals surface area contributed by atoms with Crippen LogP contribution in [-0.4, -0.2) is 30.9 Å². The second kappa shape index (κ2) is 7.47. The highest BCUT2D eigenvalue weighted by atomic mass is 35.5. The molecule has 1 aliphatic heterocycles. The molecule has 0 saturated carbocycles. The van der Waals surface area contributed by atoms with E-state index in [0.29, 0.717) is 23.2 Å². The van der Waals surface area contributed by atoms with E-state index in [1.807, 2.05) is 18.2 Å². The average Bonchev–Trinajstić information content (AvgIpc) is 3.05. The first kappa shape index (κ1) is 16.6. The van der Waals surface area contributed by atoms with Gasteiger partial charge < -0.3 is 19.3 Å². The van der Waals surface area contributed by atoms with Crippen molar-refractivity contribution in [2.45, 2.75) is 25.3 Å². The molecule has 2 heterocycles. The minimum absolute atomic E-state index is 0. The highest BCUT2D eigenvalue weighted by molar-refractivity contribution is 5.85. The van der Waals surface area contributed by atoms with E-state index in [9.17, 15) is 0 Å². The van der Waals surface area contributed by atoms with Gasteiger partial charge in [-0.1, -0.05) is 11.6 Å². The molecule has 120 valence electrons. The highest BCUT2D eigenvalue weighted by Gasteiger charge is 2.21. The number of ether oxygens (including phenoxy) is 2. The monoisotopic (exact) mass is 325 g/mol. The van der Waals surface area contributed by atoms with Crippen molar-refractivity contribution < 1.29 is 14.0 Å². The fourth-order valence-corrected chi connectivity index (χ4v) is 2.53. The maximum absolute atomic E-state index is 5.39. The number of methoxy groups -OCH3 is 2. The molecule has 1 aromatic heterocycles. The molecular weight excluding hydrogens is 306 g/mol. The Bertz CT molecular complexity index is 612. The van der Waals surface area contributed by atoms with Crippen LogP contribution in [0.2, 0.25) is 0 Å². The summed E-state index contributed by atoms with van der Waals surface area (Å²) in [5.74, 6) is 2.55. The molecule has 0 bridgehead atoms. The molecule has 1 N–H and O–H groups in total. The molecule has 0 unspecified atom stereocenters. The van der Waals surface area contributed by atoms with E-state index in [0.717, 1.165) is 18.5 Å². The van der Waals surface area contributed by atoms with Gasteiger partial charge in [-0.25, -0.2) is 0 Å². The number of rotatable bonds is 4. The topological polar surface area (TPSA) is 69.4 Å².